The van der Waals surface area contributed by atoms with E-state index >= 15 is 0 Å². The van der Waals surface area contributed by atoms with E-state index in [1.807, 2.05) is 0 Å². The third-order valence-electron chi connectivity index (χ3n) is 2.08. The maximum atomic E-state index is 11.5. The first-order chi connectivity index (χ1) is 8.54. The number of hydrogen-bond acceptors (Lipinski definition) is 2. The summed E-state index contributed by atoms with van der Waals surface area (Å²) in [5.41, 5.74) is 1.26. The van der Waals surface area contributed by atoms with E-state index in [2.05, 4.69) is 17.2 Å². The number of urea groups is 1. The molecule has 0 aliphatic rings. The summed E-state index contributed by atoms with van der Waals surface area (Å²) in [6.07, 6.45) is 0.419. The van der Waals surface area contributed by atoms with Gasteiger partial charge in [-0.25, -0.2) is 4.79 Å². The highest BCUT2D eigenvalue weighted by atomic mass is 35.5. The number of carbonyl (C=O) groups is 1. The molecule has 0 aromatic heterocycles. The van der Waals surface area contributed by atoms with Gasteiger partial charge in [0.25, 0.3) is 0 Å². The molecule has 1 aromatic rings. The van der Waals surface area contributed by atoms with Crippen molar-refractivity contribution in [2.24, 2.45) is 0 Å². The fourth-order valence-corrected chi connectivity index (χ4v) is 1.31. The number of aliphatic hydroxyl groups excluding tert-OH is 1. The Labute approximate surface area is 112 Å². The number of amides is 2. The van der Waals surface area contributed by atoms with Crippen molar-refractivity contribution in [1.29, 1.82) is 0 Å². The smallest absolute Gasteiger partial charge is 0.321 e. The minimum absolute atomic E-state index is 0.0326. The summed E-state index contributed by atoms with van der Waals surface area (Å²) in [4.78, 5) is 12.9. The molecule has 0 aliphatic carbocycles. The van der Waals surface area contributed by atoms with Gasteiger partial charge in [0.1, 0.15) is 0 Å². The third-order valence-corrected chi connectivity index (χ3v) is 2.41. The molecule has 0 radical (unpaired) electrons. The summed E-state index contributed by atoms with van der Waals surface area (Å²) in [5.74, 6) is 5.69. The molecule has 0 aliphatic heterocycles. The molecule has 0 heterocycles. The Morgan fingerprint density at radius 1 is 1.50 bits per heavy atom. The van der Waals surface area contributed by atoms with Crippen molar-refractivity contribution in [2.45, 2.75) is 6.42 Å². The lowest BCUT2D eigenvalue weighted by Gasteiger charge is -2.13. The minimum atomic E-state index is -0.252. The zero-order chi connectivity index (χ0) is 13.5. The molecule has 5 heteroatoms. The summed E-state index contributed by atoms with van der Waals surface area (Å²) in [5, 5.41) is 11.8. The Bertz CT molecular complexity index is 489. The quantitative estimate of drug-likeness (QED) is 0.806. The summed E-state index contributed by atoms with van der Waals surface area (Å²) in [7, 11) is 3.29. The maximum Gasteiger partial charge on any atom is 0.321 e. The monoisotopic (exact) mass is 266 g/mol. The van der Waals surface area contributed by atoms with E-state index in [9.17, 15) is 4.79 Å². The van der Waals surface area contributed by atoms with E-state index in [0.29, 0.717) is 17.1 Å². The van der Waals surface area contributed by atoms with Gasteiger partial charge in [0.15, 0.2) is 0 Å². The highest BCUT2D eigenvalue weighted by molar-refractivity contribution is 6.33. The van der Waals surface area contributed by atoms with Gasteiger partial charge in [0.2, 0.25) is 0 Å². The molecule has 2 N–H and O–H groups in total. The average molecular weight is 267 g/mol. The number of nitrogens with zero attached hydrogens (tertiary/aromatic N) is 1. The van der Waals surface area contributed by atoms with Gasteiger partial charge in [-0.3, -0.25) is 0 Å². The predicted octanol–water partition coefficient (Wildman–Crippen LogP) is 2.17. The molecule has 96 valence electrons. The topological polar surface area (TPSA) is 52.6 Å². The van der Waals surface area contributed by atoms with Gasteiger partial charge < -0.3 is 15.3 Å². The van der Waals surface area contributed by atoms with Crippen molar-refractivity contribution in [3.8, 4) is 11.8 Å². The van der Waals surface area contributed by atoms with Gasteiger partial charge in [-0.15, -0.1) is 0 Å². The molecular weight excluding hydrogens is 252 g/mol. The van der Waals surface area contributed by atoms with Gasteiger partial charge in [-0.2, -0.15) is 0 Å². The molecule has 0 spiro atoms. The largest absolute Gasteiger partial charge is 0.395 e. The van der Waals surface area contributed by atoms with Gasteiger partial charge >= 0.3 is 6.03 Å². The summed E-state index contributed by atoms with van der Waals surface area (Å²) < 4.78 is 0. The number of nitrogens with one attached hydrogen (secondary N) is 1. The molecule has 0 fully saturated rings. The molecule has 2 amide bonds. The number of aliphatic hydroxyl groups is 1. The molecular formula is C13H15ClN2O2. The molecule has 0 saturated heterocycles. The van der Waals surface area contributed by atoms with Crippen LogP contribution in [-0.2, 0) is 0 Å². The second kappa shape index (κ2) is 6.90. The van der Waals surface area contributed by atoms with Crippen molar-refractivity contribution in [3.63, 3.8) is 0 Å². The number of halogens is 1. The van der Waals surface area contributed by atoms with E-state index < -0.39 is 0 Å². The maximum absolute atomic E-state index is 11.5. The summed E-state index contributed by atoms with van der Waals surface area (Å²) in [6, 6.07) is 4.89. The van der Waals surface area contributed by atoms with E-state index in [-0.39, 0.29) is 12.6 Å². The first-order valence-electron chi connectivity index (χ1n) is 5.42. The molecule has 18 heavy (non-hydrogen) atoms. The summed E-state index contributed by atoms with van der Waals surface area (Å²) in [6.45, 7) is 0.0326. The Morgan fingerprint density at radius 2 is 2.22 bits per heavy atom. The first-order valence-corrected chi connectivity index (χ1v) is 5.80. The van der Waals surface area contributed by atoms with Crippen LogP contribution in [0.4, 0.5) is 10.5 Å². The van der Waals surface area contributed by atoms with Crippen LogP contribution in [-0.4, -0.2) is 36.7 Å². The Kier molecular flexibility index (Phi) is 5.50. The van der Waals surface area contributed by atoms with Crippen LogP contribution in [0, 0.1) is 11.8 Å². The molecule has 0 atom stereocenters. The van der Waals surface area contributed by atoms with Crippen molar-refractivity contribution >= 4 is 23.3 Å². The standard InChI is InChI=1S/C13H15ClN2O2/c1-16(2)13(18)15-12-9-10(5-3-4-8-17)6-7-11(12)14/h6-7,9,17H,4,8H2,1-2H3,(H,15,18). The number of carbonyl (C=O) groups excluding carboxylic acids is 1. The van der Waals surface area contributed by atoms with Crippen LogP contribution in [0.25, 0.3) is 0 Å². The zero-order valence-corrected chi connectivity index (χ0v) is 11.1. The molecule has 4 nitrogen and oxygen atoms in total. The van der Waals surface area contributed by atoms with Gasteiger partial charge in [-0.1, -0.05) is 23.4 Å². The third kappa shape index (κ3) is 4.28. The van der Waals surface area contributed by atoms with Crippen LogP contribution in [0.3, 0.4) is 0 Å². The molecule has 1 aromatic carbocycles. The van der Waals surface area contributed by atoms with Gasteiger partial charge in [-0.05, 0) is 18.2 Å². The SMILES string of the molecule is CN(C)C(=O)Nc1cc(C#CCCO)ccc1Cl. The average Bonchev–Trinajstić information content (AvgIpc) is 2.33. The molecule has 0 unspecified atom stereocenters. The molecule has 0 bridgehead atoms. The zero-order valence-electron chi connectivity index (χ0n) is 10.3. The first kappa shape index (κ1) is 14.4. The number of hydrogen-bond donors (Lipinski definition) is 2. The van der Waals surface area contributed by atoms with Gasteiger partial charge in [0.05, 0.1) is 17.3 Å². The van der Waals surface area contributed by atoms with Crippen LogP contribution < -0.4 is 5.32 Å². The minimum Gasteiger partial charge on any atom is -0.395 e. The van der Waals surface area contributed by atoms with Crippen molar-refractivity contribution < 1.29 is 9.90 Å². The van der Waals surface area contributed by atoms with Crippen molar-refractivity contribution in [3.05, 3.63) is 28.8 Å². The van der Waals surface area contributed by atoms with Crippen LogP contribution in [0.5, 0.6) is 0 Å². The van der Waals surface area contributed by atoms with Crippen molar-refractivity contribution in [2.75, 3.05) is 26.0 Å². The Balaban J connectivity index is 2.89. The second-order valence-corrected chi connectivity index (χ2v) is 4.20. The normalized spacial score (nSPS) is 9.33. The lowest BCUT2D eigenvalue weighted by molar-refractivity contribution is 0.230. The van der Waals surface area contributed by atoms with E-state index in [0.717, 1.165) is 5.56 Å². The molecule has 1 rings (SSSR count). The lowest BCUT2D eigenvalue weighted by Crippen LogP contribution is -2.27. The van der Waals surface area contributed by atoms with Crippen LogP contribution in [0.15, 0.2) is 18.2 Å². The highest BCUT2D eigenvalue weighted by Crippen LogP contribution is 2.22. The van der Waals surface area contributed by atoms with E-state index in [1.165, 1.54) is 4.90 Å². The number of rotatable bonds is 2. The predicted molar refractivity (Wildman–Crippen MR) is 72.7 cm³/mol. The van der Waals surface area contributed by atoms with Crippen LogP contribution in [0.2, 0.25) is 5.02 Å². The second-order valence-electron chi connectivity index (χ2n) is 3.79. The lowest BCUT2D eigenvalue weighted by atomic mass is 10.2. The number of benzene rings is 1. The van der Waals surface area contributed by atoms with E-state index in [4.69, 9.17) is 16.7 Å². The molecule has 0 saturated carbocycles. The fourth-order valence-electron chi connectivity index (χ4n) is 1.15. The van der Waals surface area contributed by atoms with E-state index in [1.54, 1.807) is 32.3 Å². The van der Waals surface area contributed by atoms with Crippen LogP contribution >= 0.6 is 11.6 Å². The fraction of sp³-hybridized carbons (Fsp3) is 0.308. The van der Waals surface area contributed by atoms with Gasteiger partial charge in [0, 0.05) is 26.1 Å². The van der Waals surface area contributed by atoms with Crippen LogP contribution in [0.1, 0.15) is 12.0 Å². The number of anilines is 1. The Morgan fingerprint density at radius 3 is 2.83 bits per heavy atom. The highest BCUT2D eigenvalue weighted by Gasteiger charge is 2.07. The van der Waals surface area contributed by atoms with Crippen molar-refractivity contribution in [1.82, 2.24) is 4.90 Å². The summed E-state index contributed by atoms with van der Waals surface area (Å²) >= 11 is 5.98. The Hall–Kier alpha value is -1.70.